The van der Waals surface area contributed by atoms with Crippen LogP contribution in [0.4, 0.5) is 11.4 Å². The van der Waals surface area contributed by atoms with Crippen molar-refractivity contribution in [2.45, 2.75) is 22.7 Å². The molecule has 7 rings (SSSR count). The van der Waals surface area contributed by atoms with Crippen LogP contribution >= 0.6 is 50.6 Å². The van der Waals surface area contributed by atoms with Crippen LogP contribution in [0.25, 0.3) is 10.8 Å². The lowest BCUT2D eigenvalue weighted by atomic mass is 9.83. The molecule has 1 fully saturated rings. The Hall–Kier alpha value is -3.70. The van der Waals surface area contributed by atoms with Crippen LogP contribution in [0.2, 0.25) is 5.02 Å². The SMILES string of the molecule is O=C(Cn1c2c(sc1=O)[C@@H](c1cccc(Br)c1)[C@@H]1C(=O)N(c3ccc(Cl)cc3)C(=O)[C@@H]1S2)Nc1cccc2ccccc12. The highest BCUT2D eigenvalue weighted by Crippen LogP contribution is 2.54. The molecular formula is C32H21BrClN3O4S2. The molecule has 5 aromatic rings. The Labute approximate surface area is 267 Å². The molecule has 0 bridgehead atoms. The monoisotopic (exact) mass is 689 g/mol. The fourth-order valence-electron chi connectivity index (χ4n) is 5.83. The number of imide groups is 1. The van der Waals surface area contributed by atoms with E-state index in [1.807, 2.05) is 66.7 Å². The first kappa shape index (κ1) is 28.1. The number of fused-ring (bicyclic) bond motifs is 3. The van der Waals surface area contributed by atoms with Crippen LogP contribution in [0.1, 0.15) is 16.4 Å². The van der Waals surface area contributed by atoms with Gasteiger partial charge in [-0.15, -0.1) is 0 Å². The average molecular weight is 691 g/mol. The van der Waals surface area contributed by atoms with Gasteiger partial charge in [-0.1, -0.05) is 99.2 Å². The molecule has 214 valence electrons. The van der Waals surface area contributed by atoms with Gasteiger partial charge in [-0.3, -0.25) is 23.7 Å². The van der Waals surface area contributed by atoms with Gasteiger partial charge in [0, 0.05) is 31.4 Å². The van der Waals surface area contributed by atoms with Gasteiger partial charge in [0.25, 0.3) is 0 Å². The van der Waals surface area contributed by atoms with Crippen LogP contribution in [-0.2, 0) is 20.9 Å². The van der Waals surface area contributed by atoms with Gasteiger partial charge in [0.2, 0.25) is 17.7 Å². The molecule has 0 unspecified atom stereocenters. The zero-order valence-corrected chi connectivity index (χ0v) is 26.2. The molecule has 0 aliphatic carbocycles. The first-order valence-electron chi connectivity index (χ1n) is 13.4. The number of carbonyl (C=O) groups is 3. The Kier molecular flexibility index (Phi) is 7.25. The average Bonchev–Trinajstić information content (AvgIpc) is 3.44. The summed E-state index contributed by atoms with van der Waals surface area (Å²) in [5.41, 5.74) is 1.89. The van der Waals surface area contributed by atoms with E-state index in [0.717, 1.165) is 32.1 Å². The molecule has 3 amide bonds. The van der Waals surface area contributed by atoms with E-state index >= 15 is 0 Å². The van der Waals surface area contributed by atoms with Crippen LogP contribution in [-0.4, -0.2) is 27.5 Å². The van der Waals surface area contributed by atoms with Crippen LogP contribution in [0, 0.1) is 5.92 Å². The number of amides is 3. The lowest BCUT2D eigenvalue weighted by Gasteiger charge is -2.30. The van der Waals surface area contributed by atoms with E-state index in [-0.39, 0.29) is 29.1 Å². The van der Waals surface area contributed by atoms with Crippen molar-refractivity contribution in [2.24, 2.45) is 5.92 Å². The fourth-order valence-corrected chi connectivity index (χ4v) is 9.14. The van der Waals surface area contributed by atoms with Crippen LogP contribution in [0.5, 0.6) is 0 Å². The minimum Gasteiger partial charge on any atom is -0.324 e. The number of anilines is 2. The van der Waals surface area contributed by atoms with E-state index in [1.165, 1.54) is 21.2 Å². The normalized spacial score (nSPS) is 19.4. The van der Waals surface area contributed by atoms with Gasteiger partial charge in [0.1, 0.15) is 11.8 Å². The number of carbonyl (C=O) groups excluding carboxylic acids is 3. The number of thioether (sulfide) groups is 1. The van der Waals surface area contributed by atoms with E-state index in [1.54, 1.807) is 24.3 Å². The van der Waals surface area contributed by atoms with Gasteiger partial charge in [-0.05, 0) is 53.4 Å². The first-order valence-corrected chi connectivity index (χ1v) is 16.2. The number of aromatic nitrogens is 1. The van der Waals surface area contributed by atoms with Gasteiger partial charge in [-0.25, -0.2) is 4.90 Å². The van der Waals surface area contributed by atoms with Crippen molar-refractivity contribution >= 4 is 90.5 Å². The van der Waals surface area contributed by atoms with Crippen molar-refractivity contribution in [1.82, 2.24) is 4.57 Å². The number of thiazole rings is 1. The number of rotatable bonds is 5. The largest absolute Gasteiger partial charge is 0.324 e. The molecule has 1 aromatic heterocycles. The summed E-state index contributed by atoms with van der Waals surface area (Å²) in [6, 6.07) is 27.5. The maximum atomic E-state index is 14.0. The first-order chi connectivity index (χ1) is 20.8. The molecule has 7 nitrogen and oxygen atoms in total. The minimum absolute atomic E-state index is 0.230. The van der Waals surface area contributed by atoms with Gasteiger partial charge >= 0.3 is 4.87 Å². The summed E-state index contributed by atoms with van der Waals surface area (Å²) in [5, 5.41) is 5.08. The minimum atomic E-state index is -0.777. The maximum absolute atomic E-state index is 14.0. The predicted octanol–water partition coefficient (Wildman–Crippen LogP) is 6.91. The summed E-state index contributed by atoms with van der Waals surface area (Å²) in [7, 11) is 0. The van der Waals surface area contributed by atoms with Gasteiger partial charge < -0.3 is 5.32 Å². The Morgan fingerprint density at radius 3 is 2.44 bits per heavy atom. The van der Waals surface area contributed by atoms with Gasteiger partial charge in [0.05, 0.1) is 16.6 Å². The third-order valence-corrected chi connectivity index (χ3v) is 11.1. The highest BCUT2D eigenvalue weighted by molar-refractivity contribution is 9.10. The zero-order chi connectivity index (χ0) is 29.8. The molecule has 43 heavy (non-hydrogen) atoms. The summed E-state index contributed by atoms with van der Waals surface area (Å²) in [6.45, 7) is -0.230. The van der Waals surface area contributed by atoms with Crippen molar-refractivity contribution in [3.8, 4) is 0 Å². The highest BCUT2D eigenvalue weighted by Gasteiger charge is 2.56. The summed E-state index contributed by atoms with van der Waals surface area (Å²) in [5.74, 6) is -2.34. The molecule has 1 N–H and O–H groups in total. The zero-order valence-electron chi connectivity index (χ0n) is 22.2. The molecule has 2 aliphatic rings. The van der Waals surface area contributed by atoms with Crippen molar-refractivity contribution in [1.29, 1.82) is 0 Å². The molecule has 0 saturated carbocycles. The maximum Gasteiger partial charge on any atom is 0.308 e. The molecule has 1 saturated heterocycles. The number of halogens is 2. The number of nitrogens with zero attached hydrogens (tertiary/aromatic N) is 2. The second-order valence-electron chi connectivity index (χ2n) is 10.3. The number of nitrogens with one attached hydrogen (secondary N) is 1. The summed E-state index contributed by atoms with van der Waals surface area (Å²) < 4.78 is 2.24. The van der Waals surface area contributed by atoms with Crippen molar-refractivity contribution < 1.29 is 14.4 Å². The third-order valence-electron chi connectivity index (χ3n) is 7.71. The van der Waals surface area contributed by atoms with Crippen molar-refractivity contribution in [3.63, 3.8) is 0 Å². The number of benzene rings is 4. The summed E-state index contributed by atoms with van der Waals surface area (Å²) in [6.07, 6.45) is 0. The summed E-state index contributed by atoms with van der Waals surface area (Å²) in [4.78, 5) is 56.2. The Balaban J connectivity index is 1.28. The quantitative estimate of drug-likeness (QED) is 0.203. The van der Waals surface area contributed by atoms with Crippen molar-refractivity contribution in [3.05, 3.63) is 121 Å². The highest BCUT2D eigenvalue weighted by atomic mass is 79.9. The van der Waals surface area contributed by atoms with Crippen LogP contribution in [0.15, 0.2) is 105 Å². The summed E-state index contributed by atoms with van der Waals surface area (Å²) >= 11 is 11.8. The van der Waals surface area contributed by atoms with E-state index in [0.29, 0.717) is 26.3 Å². The van der Waals surface area contributed by atoms with Gasteiger partial charge in [-0.2, -0.15) is 0 Å². The lowest BCUT2D eigenvalue weighted by Crippen LogP contribution is -2.33. The second kappa shape index (κ2) is 11.1. The topological polar surface area (TPSA) is 88.5 Å². The van der Waals surface area contributed by atoms with Crippen LogP contribution < -0.4 is 15.1 Å². The predicted molar refractivity (Wildman–Crippen MR) is 174 cm³/mol. The molecular weight excluding hydrogens is 670 g/mol. The number of hydrogen-bond donors (Lipinski definition) is 1. The van der Waals surface area contributed by atoms with E-state index in [4.69, 9.17) is 11.6 Å². The Morgan fingerprint density at radius 2 is 1.65 bits per heavy atom. The van der Waals surface area contributed by atoms with Crippen LogP contribution in [0.3, 0.4) is 0 Å². The second-order valence-corrected chi connectivity index (χ2v) is 13.8. The fraction of sp³-hybridized carbons (Fsp3) is 0.125. The molecule has 0 spiro atoms. The number of hydrogen-bond acceptors (Lipinski definition) is 6. The standard InChI is InChI=1S/C32H21BrClN3O4S2/c33-19-8-3-7-18(15-19)25-26-27(30(40)37(29(26)39)21-13-11-20(34)12-14-21)42-31-28(25)43-32(41)36(31)16-24(38)35-23-10-4-6-17-5-1-2-9-22(17)23/h1-15,25-27H,16H2,(H,35,38)/t25-,26-,27+/m0/s1. The molecule has 4 aromatic carbocycles. The molecule has 0 radical (unpaired) electrons. The van der Waals surface area contributed by atoms with E-state index < -0.39 is 17.1 Å². The smallest absolute Gasteiger partial charge is 0.308 e. The van der Waals surface area contributed by atoms with Crippen molar-refractivity contribution in [2.75, 3.05) is 10.2 Å². The third kappa shape index (κ3) is 4.92. The Bertz CT molecular complexity index is 2000. The Morgan fingerprint density at radius 1 is 0.907 bits per heavy atom. The molecule has 3 heterocycles. The van der Waals surface area contributed by atoms with E-state index in [9.17, 15) is 19.2 Å². The lowest BCUT2D eigenvalue weighted by molar-refractivity contribution is -0.122. The molecule has 2 aliphatic heterocycles. The van der Waals surface area contributed by atoms with Gasteiger partial charge in [0.15, 0.2) is 0 Å². The molecule has 3 atom stereocenters. The van der Waals surface area contributed by atoms with E-state index in [2.05, 4.69) is 21.2 Å². The molecule has 11 heteroatoms.